The Morgan fingerprint density at radius 2 is 1.91 bits per heavy atom. The molecule has 34 heavy (non-hydrogen) atoms. The lowest BCUT2D eigenvalue weighted by atomic mass is 10.0. The molecule has 1 aliphatic carbocycles. The monoisotopic (exact) mass is 488 g/mol. The Morgan fingerprint density at radius 3 is 2.59 bits per heavy atom. The number of aliphatic hydroxyl groups excluding tert-OH is 1. The highest BCUT2D eigenvalue weighted by molar-refractivity contribution is 7.89. The largest absolute Gasteiger partial charge is 0.497 e. The summed E-state index contributed by atoms with van der Waals surface area (Å²) in [6.45, 7) is 5.56. The molecule has 4 rings (SSSR count). The Balaban J connectivity index is 1.75. The van der Waals surface area contributed by atoms with E-state index in [-0.39, 0.29) is 23.5 Å². The van der Waals surface area contributed by atoms with Crippen molar-refractivity contribution in [1.82, 2.24) is 9.21 Å². The van der Waals surface area contributed by atoms with Crippen molar-refractivity contribution in [3.8, 4) is 22.6 Å². The van der Waals surface area contributed by atoms with Gasteiger partial charge in [0.15, 0.2) is 0 Å². The van der Waals surface area contributed by atoms with E-state index in [9.17, 15) is 13.5 Å². The molecular weight excluding hydrogens is 452 g/mol. The first kappa shape index (κ1) is 25.0. The maximum atomic E-state index is 13.7. The van der Waals surface area contributed by atoms with Crippen LogP contribution in [0.3, 0.4) is 0 Å². The average molecular weight is 489 g/mol. The smallest absolute Gasteiger partial charge is 0.247 e. The van der Waals surface area contributed by atoms with Crippen LogP contribution < -0.4 is 9.47 Å². The fourth-order valence-corrected chi connectivity index (χ4v) is 6.37. The first-order chi connectivity index (χ1) is 16.2. The predicted molar refractivity (Wildman–Crippen MR) is 133 cm³/mol. The van der Waals surface area contributed by atoms with Gasteiger partial charge in [-0.3, -0.25) is 0 Å². The lowest BCUT2D eigenvalue weighted by Gasteiger charge is -2.37. The Kier molecular flexibility index (Phi) is 7.52. The minimum absolute atomic E-state index is 0.0564. The highest BCUT2D eigenvalue weighted by atomic mass is 32.2. The molecule has 1 N–H and O–H groups in total. The van der Waals surface area contributed by atoms with Crippen LogP contribution in [0.25, 0.3) is 11.1 Å². The van der Waals surface area contributed by atoms with Gasteiger partial charge >= 0.3 is 0 Å². The van der Waals surface area contributed by atoms with E-state index in [0.717, 1.165) is 29.3 Å². The summed E-state index contributed by atoms with van der Waals surface area (Å²) in [6.07, 6.45) is 2.36. The molecule has 0 bridgehead atoms. The molecule has 3 atom stereocenters. The molecule has 186 valence electrons. The highest BCUT2D eigenvalue weighted by Crippen LogP contribution is 2.37. The summed E-state index contributed by atoms with van der Waals surface area (Å²) in [4.78, 5) is 2.43. The normalized spacial score (nSPS) is 23.5. The van der Waals surface area contributed by atoms with Gasteiger partial charge in [0.05, 0.1) is 13.7 Å². The van der Waals surface area contributed by atoms with Crippen LogP contribution in [0.2, 0.25) is 0 Å². The molecule has 1 saturated carbocycles. The number of rotatable bonds is 8. The highest BCUT2D eigenvalue weighted by Gasteiger charge is 2.38. The predicted octanol–water partition coefficient (Wildman–Crippen LogP) is 3.47. The first-order valence-corrected chi connectivity index (χ1v) is 13.4. The lowest BCUT2D eigenvalue weighted by Crippen LogP contribution is -2.49. The van der Waals surface area contributed by atoms with Crippen molar-refractivity contribution in [3.63, 3.8) is 0 Å². The van der Waals surface area contributed by atoms with E-state index in [1.165, 1.54) is 17.1 Å². The number of ether oxygens (including phenoxy) is 2. The fraction of sp³-hybridized carbons (Fsp3) is 0.538. The van der Waals surface area contributed by atoms with E-state index < -0.39 is 16.1 Å². The van der Waals surface area contributed by atoms with Gasteiger partial charge in [0.1, 0.15) is 22.5 Å². The summed E-state index contributed by atoms with van der Waals surface area (Å²) >= 11 is 0. The number of hydrogen-bond donors (Lipinski definition) is 1. The van der Waals surface area contributed by atoms with Crippen molar-refractivity contribution in [2.45, 2.75) is 43.7 Å². The molecule has 1 aliphatic heterocycles. The summed E-state index contributed by atoms with van der Waals surface area (Å²) < 4.78 is 40.6. The van der Waals surface area contributed by atoms with Crippen LogP contribution >= 0.6 is 0 Å². The number of aliphatic hydroxyl groups is 1. The number of fused-ring (bicyclic) bond motifs is 1. The van der Waals surface area contributed by atoms with Crippen molar-refractivity contribution in [2.24, 2.45) is 11.8 Å². The van der Waals surface area contributed by atoms with Gasteiger partial charge < -0.3 is 19.5 Å². The molecule has 0 amide bonds. The van der Waals surface area contributed by atoms with Crippen LogP contribution in [0.4, 0.5) is 0 Å². The minimum atomic E-state index is -3.85. The van der Waals surface area contributed by atoms with Gasteiger partial charge in [-0.1, -0.05) is 25.1 Å². The number of sulfonamides is 1. The second-order valence-electron chi connectivity index (χ2n) is 9.80. The SMILES string of the molecule is COc1cccc(-c2ccc3c(c2)O[C@H](CN(C)CC2CC2)[C@H](C)CN([C@@H](C)CO)S3(=O)=O)c1. The Labute approximate surface area is 203 Å². The van der Waals surface area contributed by atoms with Crippen LogP contribution in [0, 0.1) is 11.8 Å². The molecule has 1 heterocycles. The number of nitrogens with zero attached hydrogens (tertiary/aromatic N) is 2. The number of likely N-dealkylation sites (N-methyl/N-ethyl adjacent to an activating group) is 1. The standard InChI is InChI=1S/C26H36N2O5S/c1-18-14-28(19(2)17-29)34(30,31)26-11-10-22(21-6-5-7-23(12-21)32-4)13-24(26)33-25(18)16-27(3)15-20-8-9-20/h5-7,10-13,18-20,25,29H,8-9,14-17H2,1-4H3/t18-,19+,25-/m1/s1. The molecule has 0 spiro atoms. The Bertz CT molecular complexity index is 1100. The summed E-state index contributed by atoms with van der Waals surface area (Å²) in [5.74, 6) is 1.78. The zero-order valence-corrected chi connectivity index (χ0v) is 21.3. The van der Waals surface area contributed by atoms with E-state index in [4.69, 9.17) is 9.47 Å². The van der Waals surface area contributed by atoms with Crippen molar-refractivity contribution < 1.29 is 23.0 Å². The van der Waals surface area contributed by atoms with Crippen LogP contribution in [0.5, 0.6) is 11.5 Å². The second kappa shape index (κ2) is 10.2. The molecule has 2 aromatic carbocycles. The van der Waals surface area contributed by atoms with Gasteiger partial charge in [-0.15, -0.1) is 0 Å². The maximum Gasteiger partial charge on any atom is 0.247 e. The van der Waals surface area contributed by atoms with Crippen molar-refractivity contribution in [2.75, 3.05) is 40.4 Å². The number of hydrogen-bond acceptors (Lipinski definition) is 6. The van der Waals surface area contributed by atoms with Crippen molar-refractivity contribution in [3.05, 3.63) is 42.5 Å². The van der Waals surface area contributed by atoms with E-state index in [1.54, 1.807) is 26.2 Å². The molecule has 2 aliphatic rings. The van der Waals surface area contributed by atoms with E-state index in [1.807, 2.05) is 37.3 Å². The first-order valence-electron chi connectivity index (χ1n) is 12.0. The summed E-state index contributed by atoms with van der Waals surface area (Å²) in [7, 11) is -0.125. The molecule has 0 unspecified atom stereocenters. The lowest BCUT2D eigenvalue weighted by molar-refractivity contribution is 0.0741. The van der Waals surface area contributed by atoms with Crippen LogP contribution in [-0.4, -0.2) is 75.3 Å². The van der Waals surface area contributed by atoms with Crippen LogP contribution in [0.1, 0.15) is 26.7 Å². The maximum absolute atomic E-state index is 13.7. The minimum Gasteiger partial charge on any atom is -0.497 e. The third kappa shape index (κ3) is 5.40. The third-order valence-corrected chi connectivity index (χ3v) is 8.85. The molecule has 2 aromatic rings. The molecule has 0 radical (unpaired) electrons. The van der Waals surface area contributed by atoms with E-state index >= 15 is 0 Å². The summed E-state index contributed by atoms with van der Waals surface area (Å²) in [5.41, 5.74) is 1.77. The topological polar surface area (TPSA) is 79.3 Å². The second-order valence-corrected chi connectivity index (χ2v) is 11.7. The molecule has 0 saturated heterocycles. The quantitative estimate of drug-likeness (QED) is 0.613. The zero-order valence-electron chi connectivity index (χ0n) is 20.5. The van der Waals surface area contributed by atoms with Crippen molar-refractivity contribution in [1.29, 1.82) is 0 Å². The van der Waals surface area contributed by atoms with Crippen molar-refractivity contribution >= 4 is 10.0 Å². The molecular formula is C26H36N2O5S. The Morgan fingerprint density at radius 1 is 1.18 bits per heavy atom. The average Bonchev–Trinajstić information content (AvgIpc) is 3.64. The zero-order chi connectivity index (χ0) is 24.5. The third-order valence-electron chi connectivity index (χ3n) is 6.83. The molecule has 0 aromatic heterocycles. The van der Waals surface area contributed by atoms with Gasteiger partial charge in [-0.2, -0.15) is 4.31 Å². The van der Waals surface area contributed by atoms with Gasteiger partial charge in [-0.25, -0.2) is 8.42 Å². The number of methoxy groups -OCH3 is 1. The van der Waals surface area contributed by atoms with Gasteiger partial charge in [0.2, 0.25) is 10.0 Å². The molecule has 7 nitrogen and oxygen atoms in total. The summed E-state index contributed by atoms with van der Waals surface area (Å²) in [6, 6.07) is 12.4. The van der Waals surface area contributed by atoms with Gasteiger partial charge in [0.25, 0.3) is 0 Å². The number of benzene rings is 2. The van der Waals surface area contributed by atoms with Gasteiger partial charge in [-0.05, 0) is 68.1 Å². The Hall–Kier alpha value is -2.13. The molecule has 1 fully saturated rings. The van der Waals surface area contributed by atoms with Gasteiger partial charge in [0, 0.05) is 31.6 Å². The fourth-order valence-electron chi connectivity index (χ4n) is 4.55. The molecule has 8 heteroatoms. The van der Waals surface area contributed by atoms with E-state index in [2.05, 4.69) is 11.9 Å². The van der Waals surface area contributed by atoms with Crippen LogP contribution in [0.15, 0.2) is 47.4 Å². The summed E-state index contributed by atoms with van der Waals surface area (Å²) in [5, 5.41) is 9.82. The van der Waals surface area contributed by atoms with Crippen LogP contribution in [-0.2, 0) is 10.0 Å². The van der Waals surface area contributed by atoms with E-state index in [0.29, 0.717) is 18.8 Å².